The van der Waals surface area contributed by atoms with Gasteiger partial charge in [-0.3, -0.25) is 0 Å². The van der Waals surface area contributed by atoms with Crippen molar-refractivity contribution in [3.05, 3.63) is 35.4 Å². The van der Waals surface area contributed by atoms with Crippen molar-refractivity contribution >= 4 is 20.9 Å². The summed E-state index contributed by atoms with van der Waals surface area (Å²) < 4.78 is 94.7. The Bertz CT molecular complexity index is 1050. The first-order chi connectivity index (χ1) is 13.1. The standard InChI is InChI=1S/C14H21N3O2S/c1-15-20(18,19)10-11-4-5-14-13(8-11)12(9-16-14)6-7-17(2)3/h4-5,8-9,15-16H,6-7,10H2,1-3H3/i2D3,4D,5D,8D,9D/hD2. The van der Waals surface area contributed by atoms with Gasteiger partial charge in [-0.05, 0) is 50.7 Å². The van der Waals surface area contributed by atoms with E-state index in [4.69, 9.17) is 12.4 Å². The number of aromatic nitrogens is 1. The van der Waals surface area contributed by atoms with Gasteiger partial charge in [0.2, 0.25) is 10.0 Å². The van der Waals surface area contributed by atoms with Crippen LogP contribution in [0.3, 0.4) is 0 Å². The molecule has 5 nitrogen and oxygen atoms in total. The quantitative estimate of drug-likeness (QED) is 0.846. The molecule has 1 aromatic heterocycles. The highest BCUT2D eigenvalue weighted by Gasteiger charge is 2.11. The highest BCUT2D eigenvalue weighted by atomic mass is 32.2. The minimum Gasteiger partial charge on any atom is -0.361 e. The molecule has 1 aromatic carbocycles. The number of hydrogen-bond acceptors (Lipinski definition) is 3. The largest absolute Gasteiger partial charge is 0.361 e. The molecule has 0 radical (unpaired) electrons. The summed E-state index contributed by atoms with van der Waals surface area (Å²) in [6.07, 6.45) is -0.387. The summed E-state index contributed by atoms with van der Waals surface area (Å²) >= 11 is 0. The van der Waals surface area contributed by atoms with Crippen molar-refractivity contribution in [2.24, 2.45) is 0 Å². The van der Waals surface area contributed by atoms with Crippen molar-refractivity contribution in [1.29, 1.82) is 0 Å². The van der Waals surface area contributed by atoms with Crippen LogP contribution in [0.4, 0.5) is 0 Å². The van der Waals surface area contributed by atoms with E-state index in [0.717, 1.165) is 11.9 Å². The van der Waals surface area contributed by atoms with Crippen LogP contribution in [0.25, 0.3) is 10.9 Å². The van der Waals surface area contributed by atoms with Gasteiger partial charge >= 0.3 is 0 Å². The van der Waals surface area contributed by atoms with Gasteiger partial charge in [-0.15, -0.1) is 0 Å². The third-order valence-electron chi connectivity index (χ3n) is 2.75. The number of benzene rings is 1. The molecule has 0 unspecified atom stereocenters. The van der Waals surface area contributed by atoms with Gasteiger partial charge in [-0.1, -0.05) is 6.04 Å². The second-order valence-electron chi connectivity index (χ2n) is 4.36. The molecule has 0 spiro atoms. The van der Waals surface area contributed by atoms with Crippen molar-refractivity contribution in [3.63, 3.8) is 0 Å². The second kappa shape index (κ2) is 5.95. The van der Waals surface area contributed by atoms with E-state index in [0.29, 0.717) is 4.98 Å². The normalized spacial score (nSPS) is 19.7. The van der Waals surface area contributed by atoms with Gasteiger partial charge in [0.15, 0.2) is 1.41 Å². The van der Waals surface area contributed by atoms with Crippen LogP contribution in [0.5, 0.6) is 0 Å². The molecule has 0 fully saturated rings. The summed E-state index contributed by atoms with van der Waals surface area (Å²) in [5.74, 6) is -0.850. The topological polar surface area (TPSA) is 65.2 Å². The van der Waals surface area contributed by atoms with E-state index in [9.17, 15) is 8.42 Å². The molecule has 0 bridgehead atoms. The van der Waals surface area contributed by atoms with E-state index < -0.39 is 40.9 Å². The lowest BCUT2D eigenvalue weighted by molar-refractivity contribution is 0.414. The number of nitrogens with one attached hydrogen (secondary N) is 2. The Kier molecular flexibility index (Phi) is 2.10. The lowest BCUT2D eigenvalue weighted by atomic mass is 10.1. The van der Waals surface area contributed by atoms with Crippen molar-refractivity contribution in [2.45, 2.75) is 12.2 Å². The Labute approximate surface area is 132 Å². The number of H-pyrrole nitrogens is 1. The monoisotopic (exact) mass is 304 g/mol. The van der Waals surface area contributed by atoms with Crippen LogP contribution in [0.15, 0.2) is 24.3 Å². The fourth-order valence-corrected chi connectivity index (χ4v) is 2.34. The Morgan fingerprint density at radius 1 is 1.60 bits per heavy atom. The number of sulfonamides is 1. The average Bonchev–Trinajstić information content (AvgIpc) is 2.85. The molecule has 0 aliphatic rings. The number of hydrogen-bond donors (Lipinski definition) is 2. The molecule has 1 heterocycles. The Balaban J connectivity index is 2.70. The first-order valence-electron chi connectivity index (χ1n) is 10.3. The summed E-state index contributed by atoms with van der Waals surface area (Å²) in [7, 11) is -1.80. The summed E-state index contributed by atoms with van der Waals surface area (Å²) in [5, 5.41) is -0.0252. The van der Waals surface area contributed by atoms with E-state index in [1.807, 2.05) is 0 Å². The number of aromatic amines is 1. The Morgan fingerprint density at radius 3 is 3.10 bits per heavy atom. The van der Waals surface area contributed by atoms with E-state index in [1.54, 1.807) is 0 Å². The Hall–Kier alpha value is -1.37. The zero-order valence-electron chi connectivity index (χ0n) is 20.2. The van der Waals surface area contributed by atoms with E-state index >= 15 is 0 Å². The predicted octanol–water partition coefficient (Wildman–Crippen LogP) is 1.32. The molecule has 0 amide bonds. The van der Waals surface area contributed by atoms with Gasteiger partial charge in [0.25, 0.3) is 0 Å². The van der Waals surface area contributed by atoms with Crippen molar-refractivity contribution in [1.82, 2.24) is 14.6 Å². The van der Waals surface area contributed by atoms with Gasteiger partial charge in [0, 0.05) is 27.7 Å². The molecule has 110 valence electrons. The maximum Gasteiger partial charge on any atom is 0.215 e. The number of rotatable bonds is 6. The number of fused-ring (bicyclic) bond motifs is 1. The molecule has 2 rings (SSSR count). The highest BCUT2D eigenvalue weighted by molar-refractivity contribution is 7.88. The first kappa shape index (κ1) is 7.06. The molecular formula is C14H21N3O2S. The minimum atomic E-state index is -4.15. The van der Waals surface area contributed by atoms with Crippen LogP contribution >= 0.6 is 0 Å². The van der Waals surface area contributed by atoms with E-state index in [2.05, 4.69) is 0 Å². The fourth-order valence-electron chi connectivity index (χ4n) is 1.70. The maximum absolute atomic E-state index is 12.1. The molecular weight excluding hydrogens is 274 g/mol. The zero-order chi connectivity index (χ0) is 22.5. The third kappa shape index (κ3) is 3.59. The summed E-state index contributed by atoms with van der Waals surface area (Å²) in [6.45, 7) is -2.40. The Morgan fingerprint density at radius 2 is 2.40 bits per heavy atom. The van der Waals surface area contributed by atoms with Crippen molar-refractivity contribution in [3.8, 4) is 0 Å². The zero-order valence-corrected chi connectivity index (χ0v) is 12.0. The predicted molar refractivity (Wildman–Crippen MR) is 82.2 cm³/mol. The highest BCUT2D eigenvalue weighted by Crippen LogP contribution is 2.21. The van der Waals surface area contributed by atoms with Gasteiger partial charge < -0.3 is 9.88 Å². The van der Waals surface area contributed by atoms with Crippen LogP contribution in [-0.4, -0.2) is 45.9 Å². The van der Waals surface area contributed by atoms with Crippen LogP contribution in [0, 0.1) is 0 Å². The number of likely N-dealkylation sites (N-methyl/N-ethyl adjacent to an activating group) is 1. The number of nitrogens with zero attached hydrogens (tertiary/aromatic N) is 1. The molecule has 0 aliphatic carbocycles. The molecule has 0 saturated heterocycles. The lowest BCUT2D eigenvalue weighted by Gasteiger charge is -2.08. The third-order valence-corrected chi connectivity index (χ3v) is 3.96. The lowest BCUT2D eigenvalue weighted by Crippen LogP contribution is -2.20. The molecule has 0 atom stereocenters. The van der Waals surface area contributed by atoms with E-state index in [1.165, 1.54) is 7.05 Å². The summed E-state index contributed by atoms with van der Waals surface area (Å²) in [5.41, 5.74) is -0.364. The second-order valence-corrected chi connectivity index (χ2v) is 6.18. The van der Waals surface area contributed by atoms with Crippen molar-refractivity contribution < 1.29 is 20.8 Å². The van der Waals surface area contributed by atoms with E-state index in [-0.39, 0.29) is 45.9 Å². The van der Waals surface area contributed by atoms with Crippen LogP contribution in [0.2, 0.25) is 2.82 Å². The molecule has 2 aromatic rings. The van der Waals surface area contributed by atoms with Crippen LogP contribution < -0.4 is 4.72 Å². The van der Waals surface area contributed by atoms with Gasteiger partial charge in [-0.2, -0.15) is 0 Å². The minimum absolute atomic E-state index is 0.0245. The van der Waals surface area contributed by atoms with Gasteiger partial charge in [-0.25, -0.2) is 13.1 Å². The molecule has 20 heavy (non-hydrogen) atoms. The molecule has 0 saturated carbocycles. The molecule has 2 N–H and O–H groups in total. The first-order valence-corrected chi connectivity index (χ1v) is 7.50. The van der Waals surface area contributed by atoms with Gasteiger partial charge in [0.1, 0.15) is 1.41 Å². The van der Waals surface area contributed by atoms with Crippen molar-refractivity contribution in [2.75, 3.05) is 27.6 Å². The summed E-state index contributed by atoms with van der Waals surface area (Å²) in [4.78, 5) is 1.65. The van der Waals surface area contributed by atoms with Crippen LogP contribution in [-0.2, 0) is 22.2 Å². The van der Waals surface area contributed by atoms with Gasteiger partial charge in [0.05, 0.1) is 11.2 Å². The SMILES string of the molecule is [2H]c1c(CS(=O)(=O)N([2H])C)c([2H])c2c(CCN(C)C([2H])([2H])[2H])c([2H])n([2H])c2c1[2H]. The smallest absolute Gasteiger partial charge is 0.215 e. The molecule has 6 heteroatoms. The molecule has 0 aliphatic heterocycles. The van der Waals surface area contributed by atoms with Crippen LogP contribution in [0.1, 0.15) is 20.7 Å². The fraction of sp³-hybridized carbons (Fsp3) is 0.429. The maximum atomic E-state index is 12.1. The average molecular weight is 304 g/mol. The summed E-state index contributed by atoms with van der Waals surface area (Å²) in [6, 6.07) is -1.49.